The van der Waals surface area contributed by atoms with E-state index in [1.54, 1.807) is 0 Å². The van der Waals surface area contributed by atoms with Crippen molar-refractivity contribution in [2.24, 2.45) is 0 Å². The third-order valence-electron chi connectivity index (χ3n) is 4.12. The van der Waals surface area contributed by atoms with Crippen molar-refractivity contribution in [2.75, 3.05) is 5.75 Å². The zero-order valence-corrected chi connectivity index (χ0v) is 12.8. The van der Waals surface area contributed by atoms with Gasteiger partial charge in [-0.15, -0.1) is 0 Å². The Morgan fingerprint density at radius 2 is 2.15 bits per heavy atom. The van der Waals surface area contributed by atoms with Crippen molar-refractivity contribution in [1.29, 1.82) is 0 Å². The molecule has 2 nitrogen and oxygen atoms in total. The monoisotopic (exact) mass is 286 g/mol. The molecule has 1 fully saturated rings. The van der Waals surface area contributed by atoms with Gasteiger partial charge in [0.25, 0.3) is 0 Å². The van der Waals surface area contributed by atoms with Crippen molar-refractivity contribution in [1.82, 2.24) is 10.3 Å². The smallest absolute Gasteiger partial charge is 0.0346 e. The first-order valence-electron chi connectivity index (χ1n) is 7.53. The summed E-state index contributed by atoms with van der Waals surface area (Å²) in [5.41, 5.74) is 1.31. The van der Waals surface area contributed by atoms with E-state index in [-0.39, 0.29) is 0 Å². The Kier molecular flexibility index (Phi) is 4.58. The van der Waals surface area contributed by atoms with E-state index in [0.717, 1.165) is 11.8 Å². The summed E-state index contributed by atoms with van der Waals surface area (Å²) in [5.74, 6) is 1.24. The summed E-state index contributed by atoms with van der Waals surface area (Å²) in [6, 6.07) is 9.19. The van der Waals surface area contributed by atoms with Crippen LogP contribution in [0.25, 0.3) is 10.8 Å². The highest BCUT2D eigenvalue weighted by Gasteiger charge is 2.23. The molecule has 1 aliphatic carbocycles. The van der Waals surface area contributed by atoms with Crippen LogP contribution < -0.4 is 5.32 Å². The summed E-state index contributed by atoms with van der Waals surface area (Å²) in [6.07, 6.45) is 7.95. The van der Waals surface area contributed by atoms with Crippen molar-refractivity contribution in [3.63, 3.8) is 0 Å². The van der Waals surface area contributed by atoms with Crippen LogP contribution >= 0.6 is 11.8 Å². The predicted octanol–water partition coefficient (Wildman–Crippen LogP) is 4.00. The van der Waals surface area contributed by atoms with Gasteiger partial charge in [-0.05, 0) is 36.0 Å². The zero-order valence-electron chi connectivity index (χ0n) is 12.0. The van der Waals surface area contributed by atoms with Gasteiger partial charge in [0.1, 0.15) is 0 Å². The lowest BCUT2D eigenvalue weighted by Crippen LogP contribution is -2.26. The van der Waals surface area contributed by atoms with Gasteiger partial charge >= 0.3 is 0 Å². The maximum atomic E-state index is 4.36. The molecule has 1 aliphatic rings. The van der Waals surface area contributed by atoms with E-state index >= 15 is 0 Å². The van der Waals surface area contributed by atoms with E-state index < -0.39 is 0 Å². The highest BCUT2D eigenvalue weighted by Crippen LogP contribution is 2.30. The number of nitrogens with zero attached hydrogens (tertiary/aromatic N) is 1. The van der Waals surface area contributed by atoms with Gasteiger partial charge in [0.15, 0.2) is 0 Å². The van der Waals surface area contributed by atoms with Gasteiger partial charge in [-0.1, -0.05) is 31.2 Å². The minimum Gasteiger partial charge on any atom is -0.310 e. The maximum absolute atomic E-state index is 4.36. The molecule has 0 aliphatic heterocycles. The second-order valence-electron chi connectivity index (χ2n) is 5.49. The standard InChI is InChI=1S/C17H22N2S/c1-2-20-16-8-7-15(9-16)19-12-14-11-18-10-13-5-3-4-6-17(13)14/h3-6,10-11,15-16,19H,2,7-9,12H2,1H3. The molecule has 1 heterocycles. The molecule has 0 radical (unpaired) electrons. The third-order valence-corrected chi connectivity index (χ3v) is 5.35. The van der Waals surface area contributed by atoms with Crippen molar-refractivity contribution in [3.05, 3.63) is 42.2 Å². The molecule has 2 aromatic rings. The van der Waals surface area contributed by atoms with Crippen molar-refractivity contribution < 1.29 is 0 Å². The Morgan fingerprint density at radius 1 is 1.25 bits per heavy atom. The summed E-state index contributed by atoms with van der Waals surface area (Å²) in [4.78, 5) is 4.36. The third kappa shape index (κ3) is 3.15. The molecule has 2 atom stereocenters. The van der Waals surface area contributed by atoms with Crippen LogP contribution in [0.15, 0.2) is 36.7 Å². The SMILES string of the molecule is CCSC1CCC(NCc2cncc3ccccc23)C1. The molecule has 20 heavy (non-hydrogen) atoms. The fourth-order valence-electron chi connectivity index (χ4n) is 3.09. The Labute approximate surface area is 125 Å². The number of aromatic nitrogens is 1. The summed E-state index contributed by atoms with van der Waals surface area (Å²) < 4.78 is 0. The molecule has 3 heteroatoms. The average Bonchev–Trinajstić information content (AvgIpc) is 2.93. The molecule has 3 rings (SSSR count). The topological polar surface area (TPSA) is 24.9 Å². The number of fused-ring (bicyclic) bond motifs is 1. The minimum atomic E-state index is 0.679. The second kappa shape index (κ2) is 6.59. The van der Waals surface area contributed by atoms with Crippen LogP contribution in [-0.4, -0.2) is 22.0 Å². The number of nitrogens with one attached hydrogen (secondary N) is 1. The molecular weight excluding hydrogens is 264 g/mol. The first kappa shape index (κ1) is 13.9. The number of rotatable bonds is 5. The quantitative estimate of drug-likeness (QED) is 0.899. The van der Waals surface area contributed by atoms with Crippen LogP contribution in [0.4, 0.5) is 0 Å². The highest BCUT2D eigenvalue weighted by atomic mass is 32.2. The van der Waals surface area contributed by atoms with Crippen molar-refractivity contribution in [3.8, 4) is 0 Å². The summed E-state index contributed by atoms with van der Waals surface area (Å²) >= 11 is 2.11. The molecule has 106 valence electrons. The number of pyridine rings is 1. The lowest BCUT2D eigenvalue weighted by atomic mass is 10.1. The van der Waals surface area contributed by atoms with Crippen LogP contribution in [0.2, 0.25) is 0 Å². The largest absolute Gasteiger partial charge is 0.310 e. The number of thioether (sulfide) groups is 1. The van der Waals surface area contributed by atoms with Gasteiger partial charge in [-0.3, -0.25) is 4.98 Å². The number of hydrogen-bond acceptors (Lipinski definition) is 3. The van der Waals surface area contributed by atoms with Gasteiger partial charge in [0.2, 0.25) is 0 Å². The van der Waals surface area contributed by atoms with Crippen LogP contribution in [-0.2, 0) is 6.54 Å². The highest BCUT2D eigenvalue weighted by molar-refractivity contribution is 7.99. The Hall–Kier alpha value is -1.06. The van der Waals surface area contributed by atoms with E-state index in [4.69, 9.17) is 0 Å². The van der Waals surface area contributed by atoms with Gasteiger partial charge in [-0.25, -0.2) is 0 Å². The Bertz CT molecular complexity index is 564. The molecule has 0 amide bonds. The molecule has 0 spiro atoms. The van der Waals surface area contributed by atoms with Crippen LogP contribution in [0, 0.1) is 0 Å². The maximum Gasteiger partial charge on any atom is 0.0346 e. The molecule has 1 N–H and O–H groups in total. The second-order valence-corrected chi connectivity index (χ2v) is 7.07. The van der Waals surface area contributed by atoms with Gasteiger partial charge < -0.3 is 5.32 Å². The number of hydrogen-bond donors (Lipinski definition) is 1. The van der Waals surface area contributed by atoms with E-state index in [1.807, 2.05) is 12.4 Å². The van der Waals surface area contributed by atoms with Gasteiger partial charge in [-0.2, -0.15) is 11.8 Å². The Morgan fingerprint density at radius 3 is 3.05 bits per heavy atom. The lowest BCUT2D eigenvalue weighted by molar-refractivity contribution is 0.526. The van der Waals surface area contributed by atoms with E-state index in [0.29, 0.717) is 6.04 Å². The van der Waals surface area contributed by atoms with E-state index in [1.165, 1.54) is 41.4 Å². The van der Waals surface area contributed by atoms with Crippen LogP contribution in [0.1, 0.15) is 31.7 Å². The predicted molar refractivity (Wildman–Crippen MR) is 88.1 cm³/mol. The zero-order chi connectivity index (χ0) is 13.8. The van der Waals surface area contributed by atoms with Gasteiger partial charge in [0.05, 0.1) is 0 Å². The van der Waals surface area contributed by atoms with Crippen LogP contribution in [0.5, 0.6) is 0 Å². The minimum absolute atomic E-state index is 0.679. The van der Waals surface area contributed by atoms with Crippen molar-refractivity contribution in [2.45, 2.75) is 44.0 Å². The summed E-state index contributed by atoms with van der Waals surface area (Å²) in [7, 11) is 0. The summed E-state index contributed by atoms with van der Waals surface area (Å²) in [6.45, 7) is 3.19. The Balaban J connectivity index is 1.63. The molecule has 0 bridgehead atoms. The average molecular weight is 286 g/mol. The molecule has 1 aromatic carbocycles. The molecule has 1 aromatic heterocycles. The molecular formula is C17H22N2S. The summed E-state index contributed by atoms with van der Waals surface area (Å²) in [5, 5.41) is 7.15. The van der Waals surface area contributed by atoms with E-state index in [2.05, 4.69) is 53.3 Å². The molecule has 2 unspecified atom stereocenters. The molecule has 1 saturated carbocycles. The fraction of sp³-hybridized carbons (Fsp3) is 0.471. The van der Waals surface area contributed by atoms with Crippen LogP contribution in [0.3, 0.4) is 0 Å². The molecule has 0 saturated heterocycles. The first-order valence-corrected chi connectivity index (χ1v) is 8.58. The fourth-order valence-corrected chi connectivity index (χ4v) is 4.23. The van der Waals surface area contributed by atoms with Gasteiger partial charge in [0, 0.05) is 35.6 Å². The number of benzene rings is 1. The van der Waals surface area contributed by atoms with Crippen molar-refractivity contribution >= 4 is 22.5 Å². The lowest BCUT2D eigenvalue weighted by Gasteiger charge is -2.14. The first-order chi connectivity index (χ1) is 9.86. The normalized spacial score (nSPS) is 22.4. The van der Waals surface area contributed by atoms with E-state index in [9.17, 15) is 0 Å².